The van der Waals surface area contributed by atoms with Gasteiger partial charge in [0.25, 0.3) is 5.91 Å². The van der Waals surface area contributed by atoms with Gasteiger partial charge in [-0.25, -0.2) is 4.39 Å². The zero-order valence-electron chi connectivity index (χ0n) is 14.4. The number of hydrogen-bond acceptors (Lipinski definition) is 4. The lowest BCUT2D eigenvalue weighted by molar-refractivity contribution is 0.0939. The van der Waals surface area contributed by atoms with E-state index >= 15 is 0 Å². The monoisotopic (exact) mass is 411 g/mol. The number of hydrogen-bond donors (Lipinski definition) is 1. The molecular formula is C18H19BrFNO4. The maximum Gasteiger partial charge on any atom is 0.251 e. The Morgan fingerprint density at radius 1 is 1.04 bits per heavy atom. The Kier molecular flexibility index (Phi) is 6.25. The fourth-order valence-corrected chi connectivity index (χ4v) is 2.86. The van der Waals surface area contributed by atoms with E-state index in [1.165, 1.54) is 33.5 Å². The molecule has 1 atom stereocenters. The summed E-state index contributed by atoms with van der Waals surface area (Å²) >= 11 is 3.18. The van der Waals surface area contributed by atoms with Crippen LogP contribution in [0.4, 0.5) is 4.39 Å². The minimum absolute atomic E-state index is 0.228. The number of nitrogens with one attached hydrogen (secondary N) is 1. The number of amides is 1. The highest BCUT2D eigenvalue weighted by Crippen LogP contribution is 2.39. The van der Waals surface area contributed by atoms with Crippen molar-refractivity contribution in [2.75, 3.05) is 21.3 Å². The van der Waals surface area contributed by atoms with E-state index in [0.717, 1.165) is 5.56 Å². The van der Waals surface area contributed by atoms with E-state index in [2.05, 4.69) is 21.2 Å². The van der Waals surface area contributed by atoms with Gasteiger partial charge in [0, 0.05) is 10.0 Å². The summed E-state index contributed by atoms with van der Waals surface area (Å²) in [6.45, 7) is 1.81. The van der Waals surface area contributed by atoms with Gasteiger partial charge in [0.15, 0.2) is 11.5 Å². The van der Waals surface area contributed by atoms with Gasteiger partial charge in [-0.2, -0.15) is 0 Å². The number of ether oxygens (including phenoxy) is 3. The van der Waals surface area contributed by atoms with Gasteiger partial charge < -0.3 is 19.5 Å². The van der Waals surface area contributed by atoms with Crippen molar-refractivity contribution < 1.29 is 23.4 Å². The van der Waals surface area contributed by atoms with Gasteiger partial charge in [0.1, 0.15) is 5.82 Å². The molecule has 2 rings (SSSR count). The maximum atomic E-state index is 13.5. The normalized spacial score (nSPS) is 11.6. The number of carbonyl (C=O) groups is 1. The molecule has 0 saturated heterocycles. The van der Waals surface area contributed by atoms with E-state index in [0.29, 0.717) is 21.7 Å². The van der Waals surface area contributed by atoms with Crippen molar-refractivity contribution in [1.29, 1.82) is 0 Å². The van der Waals surface area contributed by atoms with Gasteiger partial charge in [-0.3, -0.25) is 4.79 Å². The van der Waals surface area contributed by atoms with Crippen LogP contribution in [0.25, 0.3) is 0 Å². The van der Waals surface area contributed by atoms with Crippen LogP contribution in [0.1, 0.15) is 28.9 Å². The molecule has 134 valence electrons. The van der Waals surface area contributed by atoms with Crippen LogP contribution in [0.5, 0.6) is 17.2 Å². The zero-order valence-corrected chi connectivity index (χ0v) is 15.9. The van der Waals surface area contributed by atoms with Crippen LogP contribution in [-0.4, -0.2) is 27.2 Å². The summed E-state index contributed by atoms with van der Waals surface area (Å²) in [6, 6.07) is 7.19. The maximum absolute atomic E-state index is 13.5. The first kappa shape index (κ1) is 19.1. The first-order valence-electron chi connectivity index (χ1n) is 7.46. The molecule has 0 saturated carbocycles. The third-order valence-electron chi connectivity index (χ3n) is 3.66. The first-order chi connectivity index (χ1) is 11.9. The van der Waals surface area contributed by atoms with E-state index in [1.54, 1.807) is 18.2 Å². The molecule has 2 aromatic rings. The van der Waals surface area contributed by atoms with Gasteiger partial charge in [-0.15, -0.1) is 0 Å². The average molecular weight is 412 g/mol. The molecule has 7 heteroatoms. The minimum atomic E-state index is -0.486. The summed E-state index contributed by atoms with van der Waals surface area (Å²) in [5, 5.41) is 2.83. The highest BCUT2D eigenvalue weighted by atomic mass is 79.9. The molecule has 0 heterocycles. The van der Waals surface area contributed by atoms with Crippen molar-refractivity contribution in [2.45, 2.75) is 13.0 Å². The molecule has 0 aliphatic rings. The highest BCUT2D eigenvalue weighted by Gasteiger charge is 2.18. The number of halogens is 2. The average Bonchev–Trinajstić information content (AvgIpc) is 2.59. The number of benzene rings is 2. The molecule has 0 aromatic heterocycles. The Morgan fingerprint density at radius 3 is 2.12 bits per heavy atom. The molecule has 0 aliphatic heterocycles. The van der Waals surface area contributed by atoms with Crippen LogP contribution in [0.3, 0.4) is 0 Å². The van der Waals surface area contributed by atoms with Crippen LogP contribution in [0, 0.1) is 5.82 Å². The Bertz CT molecular complexity index is 736. The number of methoxy groups -OCH3 is 3. The van der Waals surface area contributed by atoms with Crippen LogP contribution in [0.2, 0.25) is 0 Å². The summed E-state index contributed by atoms with van der Waals surface area (Å²) in [5.41, 5.74) is 0.990. The fourth-order valence-electron chi connectivity index (χ4n) is 2.40. The molecule has 0 radical (unpaired) electrons. The van der Waals surface area contributed by atoms with Crippen LogP contribution in [0.15, 0.2) is 34.8 Å². The predicted octanol–water partition coefficient (Wildman–Crippen LogP) is 4.11. The second-order valence-electron chi connectivity index (χ2n) is 5.31. The molecule has 1 unspecified atom stereocenters. The molecule has 2 aromatic carbocycles. The highest BCUT2D eigenvalue weighted by molar-refractivity contribution is 9.10. The van der Waals surface area contributed by atoms with Gasteiger partial charge >= 0.3 is 0 Å². The van der Waals surface area contributed by atoms with E-state index in [4.69, 9.17) is 14.2 Å². The number of rotatable bonds is 6. The van der Waals surface area contributed by atoms with Crippen LogP contribution < -0.4 is 19.5 Å². The lowest BCUT2D eigenvalue weighted by Gasteiger charge is -2.19. The van der Waals surface area contributed by atoms with E-state index in [-0.39, 0.29) is 17.5 Å². The number of carbonyl (C=O) groups excluding carboxylic acids is 1. The summed E-state index contributed by atoms with van der Waals surface area (Å²) in [4.78, 5) is 12.4. The Morgan fingerprint density at radius 2 is 1.64 bits per heavy atom. The van der Waals surface area contributed by atoms with Crippen molar-refractivity contribution >= 4 is 21.8 Å². The van der Waals surface area contributed by atoms with Crippen LogP contribution in [-0.2, 0) is 0 Å². The van der Waals surface area contributed by atoms with Gasteiger partial charge in [0.2, 0.25) is 5.75 Å². The minimum Gasteiger partial charge on any atom is -0.493 e. The Balaban J connectivity index is 2.28. The predicted molar refractivity (Wildman–Crippen MR) is 96.1 cm³/mol. The molecule has 1 amide bonds. The molecule has 0 aliphatic carbocycles. The second-order valence-corrected chi connectivity index (χ2v) is 6.23. The zero-order chi connectivity index (χ0) is 18.6. The van der Waals surface area contributed by atoms with E-state index in [9.17, 15) is 9.18 Å². The molecule has 25 heavy (non-hydrogen) atoms. The Labute approximate surface area is 154 Å². The van der Waals surface area contributed by atoms with E-state index < -0.39 is 5.82 Å². The van der Waals surface area contributed by atoms with E-state index in [1.807, 2.05) is 6.92 Å². The molecule has 0 fully saturated rings. The third-order valence-corrected chi connectivity index (χ3v) is 4.12. The topological polar surface area (TPSA) is 56.8 Å². The lowest BCUT2D eigenvalue weighted by Crippen LogP contribution is -2.26. The quantitative estimate of drug-likeness (QED) is 0.776. The second kappa shape index (κ2) is 8.20. The molecule has 1 N–H and O–H groups in total. The van der Waals surface area contributed by atoms with Crippen LogP contribution >= 0.6 is 15.9 Å². The summed E-state index contributed by atoms with van der Waals surface area (Å²) in [6.07, 6.45) is 0. The lowest BCUT2D eigenvalue weighted by atomic mass is 10.1. The summed E-state index contributed by atoms with van der Waals surface area (Å²) in [7, 11) is 4.57. The van der Waals surface area contributed by atoms with Crippen molar-refractivity contribution in [2.24, 2.45) is 0 Å². The van der Waals surface area contributed by atoms with Gasteiger partial charge in [0.05, 0.1) is 27.4 Å². The standard InChI is InChI=1S/C18H19BrFNO4/c1-10(21-18(22)12-5-13(19)9-14(20)6-12)11-7-15(23-2)17(25-4)16(8-11)24-3/h5-10H,1-4H3,(H,21,22). The van der Waals surface area contributed by atoms with Crippen molar-refractivity contribution in [3.8, 4) is 17.2 Å². The molecule has 5 nitrogen and oxygen atoms in total. The van der Waals surface area contributed by atoms with Crippen molar-refractivity contribution in [1.82, 2.24) is 5.32 Å². The van der Waals surface area contributed by atoms with Gasteiger partial charge in [-0.1, -0.05) is 15.9 Å². The third kappa shape index (κ3) is 4.42. The molecule has 0 bridgehead atoms. The molecule has 0 spiro atoms. The van der Waals surface area contributed by atoms with Crippen molar-refractivity contribution in [3.63, 3.8) is 0 Å². The molecular weight excluding hydrogens is 393 g/mol. The fraction of sp³-hybridized carbons (Fsp3) is 0.278. The van der Waals surface area contributed by atoms with Gasteiger partial charge in [-0.05, 0) is 42.8 Å². The first-order valence-corrected chi connectivity index (χ1v) is 8.25. The SMILES string of the molecule is COc1cc(C(C)NC(=O)c2cc(F)cc(Br)c2)cc(OC)c1OC. The van der Waals surface area contributed by atoms with Crippen molar-refractivity contribution in [3.05, 3.63) is 51.7 Å². The smallest absolute Gasteiger partial charge is 0.251 e. The summed E-state index contributed by atoms with van der Waals surface area (Å²) < 4.78 is 29.9. The Hall–Kier alpha value is -2.28. The largest absolute Gasteiger partial charge is 0.493 e. The summed E-state index contributed by atoms with van der Waals surface area (Å²) in [5.74, 6) is 0.584.